The number of likely N-dealkylation sites (tertiary alicyclic amines) is 1. The van der Waals surface area contributed by atoms with Gasteiger partial charge in [0.25, 0.3) is 5.91 Å². The number of nitrogens with zero attached hydrogens (tertiary/aromatic N) is 2. The van der Waals surface area contributed by atoms with Crippen LogP contribution >= 0.6 is 0 Å². The molecule has 2 rings (SSSR count). The fraction of sp³-hybridized carbons (Fsp3) is 0.538. The Kier molecular flexibility index (Phi) is 3.52. The summed E-state index contributed by atoms with van der Waals surface area (Å²) in [7, 11) is 1.80. The van der Waals surface area contributed by atoms with Crippen molar-refractivity contribution >= 4 is 11.6 Å². The molecular formula is C13H19N3O2. The maximum atomic E-state index is 12.3. The first-order valence-corrected chi connectivity index (χ1v) is 6.17. The molecule has 1 aromatic heterocycles. The van der Waals surface area contributed by atoms with E-state index in [-0.39, 0.29) is 5.91 Å². The number of hydrogen-bond donors (Lipinski definition) is 2. The molecule has 1 atom stereocenters. The van der Waals surface area contributed by atoms with Gasteiger partial charge < -0.3 is 15.3 Å². The van der Waals surface area contributed by atoms with Gasteiger partial charge in [-0.1, -0.05) is 0 Å². The van der Waals surface area contributed by atoms with Crippen molar-refractivity contribution in [2.45, 2.75) is 25.4 Å². The molecule has 5 heteroatoms. The molecule has 1 unspecified atom stereocenters. The predicted molar refractivity (Wildman–Crippen MR) is 69.5 cm³/mol. The second-order valence-corrected chi connectivity index (χ2v) is 5.01. The molecule has 0 radical (unpaired) electrons. The Balaban J connectivity index is 2.15. The highest BCUT2D eigenvalue weighted by Gasteiger charge is 2.31. The largest absolute Gasteiger partial charge is 0.388 e. The summed E-state index contributed by atoms with van der Waals surface area (Å²) in [5.74, 6) is -0.118. The molecule has 1 aliphatic heterocycles. The second kappa shape index (κ2) is 4.94. The highest BCUT2D eigenvalue weighted by molar-refractivity contribution is 5.93. The van der Waals surface area contributed by atoms with Crippen molar-refractivity contribution < 1.29 is 9.90 Å². The minimum Gasteiger partial charge on any atom is -0.388 e. The lowest BCUT2D eigenvalue weighted by Crippen LogP contribution is -2.48. The van der Waals surface area contributed by atoms with Crippen LogP contribution in [-0.4, -0.2) is 46.6 Å². The number of nitrogens with one attached hydrogen (secondary N) is 1. The average Bonchev–Trinajstić information content (AvgIpc) is 2.37. The van der Waals surface area contributed by atoms with Gasteiger partial charge in [0, 0.05) is 32.0 Å². The van der Waals surface area contributed by atoms with E-state index in [9.17, 15) is 9.90 Å². The van der Waals surface area contributed by atoms with Crippen LogP contribution in [0.2, 0.25) is 0 Å². The Bertz CT molecular complexity index is 446. The van der Waals surface area contributed by atoms with Crippen molar-refractivity contribution in [3.8, 4) is 0 Å². The molecule has 1 aromatic rings. The number of aromatic nitrogens is 1. The number of pyridine rings is 1. The molecule has 1 amide bonds. The number of carbonyl (C=O) groups excluding carboxylic acids is 1. The lowest BCUT2D eigenvalue weighted by Gasteiger charge is -2.36. The number of rotatable bonds is 2. The summed E-state index contributed by atoms with van der Waals surface area (Å²) >= 11 is 0. The van der Waals surface area contributed by atoms with Crippen LogP contribution in [-0.2, 0) is 0 Å². The van der Waals surface area contributed by atoms with Crippen molar-refractivity contribution in [2.75, 3.05) is 25.5 Å². The van der Waals surface area contributed by atoms with Gasteiger partial charge in [-0.25, -0.2) is 0 Å². The normalized spacial score (nSPS) is 23.8. The van der Waals surface area contributed by atoms with E-state index in [0.717, 1.165) is 18.5 Å². The highest BCUT2D eigenvalue weighted by atomic mass is 16.3. The van der Waals surface area contributed by atoms with E-state index in [4.69, 9.17) is 0 Å². The smallest absolute Gasteiger partial charge is 0.272 e. The fourth-order valence-electron chi connectivity index (χ4n) is 2.26. The fourth-order valence-corrected chi connectivity index (χ4v) is 2.26. The number of aliphatic hydroxyl groups is 1. The summed E-state index contributed by atoms with van der Waals surface area (Å²) in [5.41, 5.74) is 0.491. The van der Waals surface area contributed by atoms with Crippen LogP contribution in [0.5, 0.6) is 0 Å². The molecule has 0 aliphatic carbocycles. The standard InChI is InChI=1S/C13H19N3O2/c1-13(18)5-3-7-16(9-13)12(17)11-8-10(14-2)4-6-15-11/h4,6,8,18H,3,5,7,9H2,1-2H3,(H,14,15). The maximum Gasteiger partial charge on any atom is 0.272 e. The van der Waals surface area contributed by atoms with Gasteiger partial charge in [-0.2, -0.15) is 0 Å². The Labute approximate surface area is 107 Å². The van der Waals surface area contributed by atoms with Crippen molar-refractivity contribution in [3.63, 3.8) is 0 Å². The van der Waals surface area contributed by atoms with Crippen LogP contribution in [0.4, 0.5) is 5.69 Å². The number of carbonyl (C=O) groups is 1. The number of anilines is 1. The number of piperidine rings is 1. The highest BCUT2D eigenvalue weighted by Crippen LogP contribution is 2.21. The third-order valence-electron chi connectivity index (χ3n) is 3.23. The molecule has 18 heavy (non-hydrogen) atoms. The summed E-state index contributed by atoms with van der Waals surface area (Å²) in [6.07, 6.45) is 3.17. The van der Waals surface area contributed by atoms with Crippen molar-refractivity contribution in [1.82, 2.24) is 9.88 Å². The number of amides is 1. The van der Waals surface area contributed by atoms with Crippen LogP contribution < -0.4 is 5.32 Å². The topological polar surface area (TPSA) is 65.5 Å². The average molecular weight is 249 g/mol. The Hall–Kier alpha value is -1.62. The third kappa shape index (κ3) is 2.79. The Morgan fingerprint density at radius 2 is 2.39 bits per heavy atom. The maximum absolute atomic E-state index is 12.3. The van der Waals surface area contributed by atoms with Gasteiger partial charge in [0.1, 0.15) is 5.69 Å². The second-order valence-electron chi connectivity index (χ2n) is 5.01. The van der Waals surface area contributed by atoms with Crippen LogP contribution in [0.15, 0.2) is 18.3 Å². The van der Waals surface area contributed by atoms with Crippen molar-refractivity contribution in [1.29, 1.82) is 0 Å². The molecule has 1 aliphatic rings. The van der Waals surface area contributed by atoms with Crippen LogP contribution in [0, 0.1) is 0 Å². The first kappa shape index (κ1) is 12.8. The van der Waals surface area contributed by atoms with E-state index in [2.05, 4.69) is 10.3 Å². The molecule has 0 saturated carbocycles. The first-order chi connectivity index (χ1) is 8.52. The molecule has 0 spiro atoms. The molecule has 1 saturated heterocycles. The monoisotopic (exact) mass is 249 g/mol. The summed E-state index contributed by atoms with van der Waals surface area (Å²) in [5, 5.41) is 13.0. The summed E-state index contributed by atoms with van der Waals surface area (Å²) in [6, 6.07) is 3.54. The Morgan fingerprint density at radius 1 is 1.61 bits per heavy atom. The molecular weight excluding hydrogens is 230 g/mol. The van der Waals surface area contributed by atoms with E-state index < -0.39 is 5.60 Å². The first-order valence-electron chi connectivity index (χ1n) is 6.17. The van der Waals surface area contributed by atoms with Gasteiger partial charge in [-0.15, -0.1) is 0 Å². The molecule has 0 bridgehead atoms. The molecule has 2 heterocycles. The zero-order chi connectivity index (χ0) is 13.2. The zero-order valence-corrected chi connectivity index (χ0v) is 10.8. The van der Waals surface area contributed by atoms with E-state index in [0.29, 0.717) is 18.8 Å². The Morgan fingerprint density at radius 3 is 3.06 bits per heavy atom. The summed E-state index contributed by atoms with van der Waals surface area (Å²) in [4.78, 5) is 18.0. The minimum atomic E-state index is -0.783. The van der Waals surface area contributed by atoms with Gasteiger partial charge in [0.15, 0.2) is 0 Å². The van der Waals surface area contributed by atoms with Gasteiger partial charge in [-0.3, -0.25) is 9.78 Å². The van der Waals surface area contributed by atoms with Crippen molar-refractivity contribution in [3.05, 3.63) is 24.0 Å². The molecule has 1 fully saturated rings. The van der Waals surface area contributed by atoms with E-state index in [1.165, 1.54) is 0 Å². The predicted octanol–water partition coefficient (Wildman–Crippen LogP) is 1.11. The number of hydrogen-bond acceptors (Lipinski definition) is 4. The molecule has 98 valence electrons. The van der Waals surface area contributed by atoms with E-state index in [1.807, 2.05) is 6.07 Å². The SMILES string of the molecule is CNc1ccnc(C(=O)N2CCCC(C)(O)C2)c1. The zero-order valence-electron chi connectivity index (χ0n) is 10.8. The van der Waals surface area contributed by atoms with Crippen LogP contribution in [0.1, 0.15) is 30.3 Å². The van der Waals surface area contributed by atoms with E-state index in [1.54, 1.807) is 31.1 Å². The van der Waals surface area contributed by atoms with Gasteiger partial charge in [0.05, 0.1) is 5.60 Å². The molecule has 2 N–H and O–H groups in total. The number of β-amino-alcohol motifs (C(OH)–C–C–N with tert-alkyl or cyclic N) is 1. The third-order valence-corrected chi connectivity index (χ3v) is 3.23. The summed E-state index contributed by atoms with van der Waals surface area (Å²) < 4.78 is 0. The quantitative estimate of drug-likeness (QED) is 0.824. The molecule has 0 aromatic carbocycles. The lowest BCUT2D eigenvalue weighted by molar-refractivity contribution is -0.0109. The van der Waals surface area contributed by atoms with Gasteiger partial charge in [-0.05, 0) is 31.9 Å². The lowest BCUT2D eigenvalue weighted by atomic mass is 9.95. The molecule has 5 nitrogen and oxygen atoms in total. The van der Waals surface area contributed by atoms with Crippen molar-refractivity contribution in [2.24, 2.45) is 0 Å². The van der Waals surface area contributed by atoms with Gasteiger partial charge in [0.2, 0.25) is 0 Å². The summed E-state index contributed by atoms with van der Waals surface area (Å²) in [6.45, 7) is 2.82. The van der Waals surface area contributed by atoms with Gasteiger partial charge >= 0.3 is 0 Å². The van der Waals surface area contributed by atoms with Crippen LogP contribution in [0.3, 0.4) is 0 Å². The van der Waals surface area contributed by atoms with Crippen LogP contribution in [0.25, 0.3) is 0 Å². The minimum absolute atomic E-state index is 0.118. The van der Waals surface area contributed by atoms with E-state index >= 15 is 0 Å².